The minimum absolute atomic E-state index is 0.184. The van der Waals surface area contributed by atoms with Crippen molar-refractivity contribution in [2.45, 2.75) is 44.3 Å². The maximum Gasteiger partial charge on any atom is 0.391 e. The molecule has 3 rings (SSSR count). The van der Waals surface area contributed by atoms with Gasteiger partial charge in [0.15, 0.2) is 5.13 Å². The molecule has 0 bridgehead atoms. The maximum atomic E-state index is 12.7. The van der Waals surface area contributed by atoms with Crippen molar-refractivity contribution >= 4 is 16.5 Å². The highest BCUT2D eigenvalue weighted by atomic mass is 32.1. The molecule has 1 aliphatic heterocycles. The van der Waals surface area contributed by atoms with Gasteiger partial charge in [-0.25, -0.2) is 4.98 Å². The van der Waals surface area contributed by atoms with E-state index in [0.717, 1.165) is 30.1 Å². The fourth-order valence-corrected chi connectivity index (χ4v) is 4.52. The molecule has 0 amide bonds. The van der Waals surface area contributed by atoms with Crippen LogP contribution in [0.4, 0.5) is 18.3 Å². The molecule has 2 aliphatic rings. The van der Waals surface area contributed by atoms with E-state index in [4.69, 9.17) is 0 Å². The van der Waals surface area contributed by atoms with Gasteiger partial charge in [0.1, 0.15) is 0 Å². The summed E-state index contributed by atoms with van der Waals surface area (Å²) >= 11 is 1.65. The summed E-state index contributed by atoms with van der Waals surface area (Å²) in [5.74, 6) is -1.15. The fraction of sp³-hybridized carbons (Fsp3) is 0.786. The van der Waals surface area contributed by atoms with Gasteiger partial charge in [-0.3, -0.25) is 0 Å². The lowest BCUT2D eigenvalue weighted by molar-refractivity contribution is -0.179. The largest absolute Gasteiger partial charge is 0.391 e. The molecule has 1 unspecified atom stereocenters. The number of piperidine rings is 1. The lowest BCUT2D eigenvalue weighted by atomic mass is 9.97. The average Bonchev–Trinajstić information content (AvgIpc) is 2.90. The summed E-state index contributed by atoms with van der Waals surface area (Å²) in [6.07, 6.45) is -0.458. The van der Waals surface area contributed by atoms with Gasteiger partial charge in [0.05, 0.1) is 11.6 Å². The van der Waals surface area contributed by atoms with Crippen molar-refractivity contribution in [3.05, 3.63) is 10.6 Å². The van der Waals surface area contributed by atoms with Crippen LogP contribution in [0.1, 0.15) is 42.3 Å². The summed E-state index contributed by atoms with van der Waals surface area (Å²) in [5, 5.41) is 4.21. The number of nitrogens with one attached hydrogen (secondary N) is 1. The van der Waals surface area contributed by atoms with Gasteiger partial charge >= 0.3 is 6.18 Å². The van der Waals surface area contributed by atoms with Gasteiger partial charge in [0.2, 0.25) is 0 Å². The molecule has 1 aromatic rings. The molecule has 7 heteroatoms. The number of fused-ring (bicyclic) bond motifs is 1. The van der Waals surface area contributed by atoms with Crippen molar-refractivity contribution < 1.29 is 13.2 Å². The van der Waals surface area contributed by atoms with Crippen LogP contribution in [0.25, 0.3) is 0 Å². The van der Waals surface area contributed by atoms with Crippen LogP contribution in [-0.4, -0.2) is 31.3 Å². The van der Waals surface area contributed by atoms with Crippen molar-refractivity contribution in [2.24, 2.45) is 5.92 Å². The number of halogens is 3. The first-order valence-corrected chi connectivity index (χ1v) is 8.29. The average molecular weight is 319 g/mol. The molecule has 1 aromatic heterocycles. The van der Waals surface area contributed by atoms with Crippen molar-refractivity contribution in [2.75, 3.05) is 25.0 Å². The Morgan fingerprint density at radius 1 is 1.24 bits per heavy atom. The third-order valence-corrected chi connectivity index (χ3v) is 5.79. The standard InChI is InChI=1S/C14H20F3N3S/c1-18-10-3-2-4-11-12(10)21-13(19-11)20-7-5-9(6-8-20)14(15,16)17/h9-10,18H,2-8H2,1H3. The first-order chi connectivity index (χ1) is 9.99. The summed E-state index contributed by atoms with van der Waals surface area (Å²) < 4.78 is 38.1. The monoisotopic (exact) mass is 319 g/mol. The van der Waals surface area contributed by atoms with Crippen molar-refractivity contribution in [3.63, 3.8) is 0 Å². The maximum absolute atomic E-state index is 12.7. The van der Waals surface area contributed by atoms with E-state index in [2.05, 4.69) is 10.3 Å². The molecule has 21 heavy (non-hydrogen) atoms. The zero-order chi connectivity index (χ0) is 15.0. The second kappa shape index (κ2) is 5.76. The Bertz CT molecular complexity index is 492. The highest BCUT2D eigenvalue weighted by Gasteiger charge is 2.41. The predicted octanol–water partition coefficient (Wildman–Crippen LogP) is 3.52. The molecular weight excluding hydrogens is 299 g/mol. The third-order valence-electron chi connectivity index (χ3n) is 4.52. The Balaban J connectivity index is 1.70. The second-order valence-corrected chi connectivity index (χ2v) is 6.85. The molecule has 1 fully saturated rings. The first kappa shape index (κ1) is 15.1. The summed E-state index contributed by atoms with van der Waals surface area (Å²) in [6, 6.07) is 0.354. The Kier molecular flexibility index (Phi) is 4.14. The Morgan fingerprint density at radius 3 is 2.57 bits per heavy atom. The number of aromatic nitrogens is 1. The molecule has 1 saturated heterocycles. The number of hydrogen-bond acceptors (Lipinski definition) is 4. The van der Waals surface area contributed by atoms with Gasteiger partial charge in [0, 0.05) is 24.0 Å². The van der Waals surface area contributed by atoms with Gasteiger partial charge in [-0.15, -0.1) is 0 Å². The van der Waals surface area contributed by atoms with Crippen LogP contribution in [0.2, 0.25) is 0 Å². The Labute approximate surface area is 126 Å². The number of nitrogens with zero attached hydrogens (tertiary/aromatic N) is 2. The summed E-state index contributed by atoms with van der Waals surface area (Å²) in [6.45, 7) is 0.918. The van der Waals surface area contributed by atoms with Crippen molar-refractivity contribution in [3.8, 4) is 0 Å². The third kappa shape index (κ3) is 3.04. The normalized spacial score (nSPS) is 24.2. The van der Waals surface area contributed by atoms with Gasteiger partial charge < -0.3 is 10.2 Å². The zero-order valence-corrected chi connectivity index (χ0v) is 12.9. The second-order valence-electron chi connectivity index (χ2n) is 5.84. The molecule has 3 nitrogen and oxygen atoms in total. The number of thiazole rings is 1. The molecule has 0 spiro atoms. The van der Waals surface area contributed by atoms with Crippen molar-refractivity contribution in [1.29, 1.82) is 0 Å². The molecule has 0 radical (unpaired) electrons. The first-order valence-electron chi connectivity index (χ1n) is 7.47. The molecule has 0 aromatic carbocycles. The molecule has 2 heterocycles. The lowest BCUT2D eigenvalue weighted by Gasteiger charge is -2.32. The van der Waals surface area contributed by atoms with Crippen LogP contribution < -0.4 is 10.2 Å². The number of anilines is 1. The summed E-state index contributed by atoms with van der Waals surface area (Å²) in [4.78, 5) is 7.98. The number of aryl methyl sites for hydroxylation is 1. The number of rotatable bonds is 2. The topological polar surface area (TPSA) is 28.2 Å². The number of hydrogen-bond donors (Lipinski definition) is 1. The van der Waals surface area contributed by atoms with Gasteiger partial charge in [-0.2, -0.15) is 13.2 Å². The minimum Gasteiger partial charge on any atom is -0.348 e. The Morgan fingerprint density at radius 2 is 1.95 bits per heavy atom. The van der Waals surface area contributed by atoms with Crippen LogP contribution in [0.5, 0.6) is 0 Å². The van der Waals surface area contributed by atoms with Crippen LogP contribution in [0, 0.1) is 5.92 Å². The van der Waals surface area contributed by atoms with Crippen LogP contribution in [-0.2, 0) is 6.42 Å². The van der Waals surface area contributed by atoms with E-state index in [1.165, 1.54) is 4.88 Å². The predicted molar refractivity (Wildman–Crippen MR) is 77.8 cm³/mol. The molecule has 1 aliphatic carbocycles. The number of alkyl halides is 3. The summed E-state index contributed by atoms with van der Waals surface area (Å²) in [7, 11) is 1.95. The van der Waals surface area contributed by atoms with E-state index in [1.54, 1.807) is 11.3 Å². The highest BCUT2D eigenvalue weighted by molar-refractivity contribution is 7.15. The van der Waals surface area contributed by atoms with Gasteiger partial charge in [0.25, 0.3) is 0 Å². The Hall–Kier alpha value is -0.820. The van der Waals surface area contributed by atoms with Gasteiger partial charge in [-0.05, 0) is 39.2 Å². The molecule has 0 saturated carbocycles. The van der Waals surface area contributed by atoms with Crippen molar-refractivity contribution in [1.82, 2.24) is 10.3 Å². The fourth-order valence-electron chi connectivity index (χ4n) is 3.22. The van der Waals surface area contributed by atoms with Crippen LogP contribution in [0.3, 0.4) is 0 Å². The smallest absolute Gasteiger partial charge is 0.348 e. The SMILES string of the molecule is CNC1CCCc2nc(N3CCC(C(F)(F)F)CC3)sc21. The van der Waals surface area contributed by atoms with E-state index >= 15 is 0 Å². The van der Waals surface area contributed by atoms with Gasteiger partial charge in [-0.1, -0.05) is 11.3 Å². The molecule has 1 N–H and O–H groups in total. The summed E-state index contributed by atoms with van der Waals surface area (Å²) in [5.41, 5.74) is 1.14. The van der Waals surface area contributed by atoms with E-state index in [1.807, 2.05) is 11.9 Å². The quantitative estimate of drug-likeness (QED) is 0.904. The van der Waals surface area contributed by atoms with E-state index in [-0.39, 0.29) is 12.8 Å². The zero-order valence-electron chi connectivity index (χ0n) is 12.0. The lowest BCUT2D eigenvalue weighted by Crippen LogP contribution is -2.38. The van der Waals surface area contributed by atoms with E-state index < -0.39 is 12.1 Å². The van der Waals surface area contributed by atoms with Crippen LogP contribution >= 0.6 is 11.3 Å². The molecule has 118 valence electrons. The van der Waals surface area contributed by atoms with Crippen LogP contribution in [0.15, 0.2) is 0 Å². The highest BCUT2D eigenvalue weighted by Crippen LogP contribution is 2.40. The van der Waals surface area contributed by atoms with E-state index in [0.29, 0.717) is 19.1 Å². The molecule has 1 atom stereocenters. The van der Waals surface area contributed by atoms with E-state index in [9.17, 15) is 13.2 Å². The minimum atomic E-state index is -4.05. The molecular formula is C14H20F3N3S.